The normalized spacial score (nSPS) is 11.5. The van der Waals surface area contributed by atoms with E-state index in [4.69, 9.17) is 22.1 Å². The topological polar surface area (TPSA) is 35.2 Å². The number of benzene rings is 1. The molecule has 84 valence electrons. The van der Waals surface area contributed by atoms with E-state index in [9.17, 15) is 0 Å². The van der Waals surface area contributed by atoms with Crippen molar-refractivity contribution in [1.82, 2.24) is 0 Å². The van der Waals surface area contributed by atoms with E-state index in [0.717, 1.165) is 10.6 Å². The third kappa shape index (κ3) is 4.33. The molecule has 0 unspecified atom stereocenters. The number of rotatable bonds is 4. The summed E-state index contributed by atoms with van der Waals surface area (Å²) in [4.78, 5) is 1.11. The smallest absolute Gasteiger partial charge is 0.137 e. The van der Waals surface area contributed by atoms with Crippen molar-refractivity contribution >= 4 is 23.4 Å². The van der Waals surface area contributed by atoms with Crippen molar-refractivity contribution in [3.63, 3.8) is 0 Å². The molecule has 0 saturated carbocycles. The van der Waals surface area contributed by atoms with Gasteiger partial charge in [-0.3, -0.25) is 0 Å². The second-order valence-corrected chi connectivity index (χ2v) is 5.53. The fraction of sp³-hybridized carbons (Fsp3) is 0.455. The number of ether oxygens (including phenoxy) is 1. The van der Waals surface area contributed by atoms with Gasteiger partial charge in [0.1, 0.15) is 5.75 Å². The molecule has 1 aromatic carbocycles. The Labute approximate surface area is 100 Å². The Morgan fingerprint density at radius 1 is 1.47 bits per heavy atom. The summed E-state index contributed by atoms with van der Waals surface area (Å²) in [5.41, 5.74) is 5.73. The first-order chi connectivity index (χ1) is 6.92. The fourth-order valence-corrected chi connectivity index (χ4v) is 2.23. The predicted octanol–water partition coefficient (Wildman–Crippen LogP) is 3.18. The lowest BCUT2D eigenvalue weighted by molar-refractivity contribution is 0.414. The van der Waals surface area contributed by atoms with Crippen LogP contribution in [0.2, 0.25) is 5.02 Å². The van der Waals surface area contributed by atoms with Crippen LogP contribution in [0.1, 0.15) is 13.8 Å². The van der Waals surface area contributed by atoms with Crippen LogP contribution in [0.5, 0.6) is 5.75 Å². The molecule has 0 saturated heterocycles. The molecule has 0 atom stereocenters. The molecule has 2 N–H and O–H groups in total. The summed E-state index contributed by atoms with van der Waals surface area (Å²) < 4.78 is 5.08. The van der Waals surface area contributed by atoms with E-state index < -0.39 is 0 Å². The van der Waals surface area contributed by atoms with Crippen LogP contribution in [0.4, 0.5) is 0 Å². The summed E-state index contributed by atoms with van der Waals surface area (Å²) in [7, 11) is 1.61. The number of hydrogen-bond acceptors (Lipinski definition) is 3. The summed E-state index contributed by atoms with van der Waals surface area (Å²) in [5, 5.41) is 0.636. The predicted molar refractivity (Wildman–Crippen MR) is 67.0 cm³/mol. The molecule has 0 spiro atoms. The molecular weight excluding hydrogens is 230 g/mol. The number of hydrogen-bond donors (Lipinski definition) is 1. The van der Waals surface area contributed by atoms with Crippen molar-refractivity contribution in [2.45, 2.75) is 24.3 Å². The lowest BCUT2D eigenvalue weighted by Crippen LogP contribution is -2.34. The highest BCUT2D eigenvalue weighted by atomic mass is 35.5. The Kier molecular flexibility index (Phi) is 4.32. The number of halogens is 1. The zero-order chi connectivity index (χ0) is 11.5. The van der Waals surface area contributed by atoms with Crippen molar-refractivity contribution in [1.29, 1.82) is 0 Å². The highest BCUT2D eigenvalue weighted by Crippen LogP contribution is 2.30. The number of thioether (sulfide) groups is 1. The average molecular weight is 246 g/mol. The van der Waals surface area contributed by atoms with Crippen LogP contribution in [-0.2, 0) is 0 Å². The first-order valence-corrected chi connectivity index (χ1v) is 6.04. The van der Waals surface area contributed by atoms with Gasteiger partial charge in [-0.05, 0) is 32.0 Å². The van der Waals surface area contributed by atoms with E-state index in [1.807, 2.05) is 32.0 Å². The molecule has 2 nitrogen and oxygen atoms in total. The first-order valence-electron chi connectivity index (χ1n) is 4.67. The van der Waals surface area contributed by atoms with Gasteiger partial charge in [0.25, 0.3) is 0 Å². The van der Waals surface area contributed by atoms with Gasteiger partial charge in [-0.15, -0.1) is 11.8 Å². The average Bonchev–Trinajstić information content (AvgIpc) is 2.14. The summed E-state index contributed by atoms with van der Waals surface area (Å²) >= 11 is 7.71. The summed E-state index contributed by atoms with van der Waals surface area (Å²) in [5.74, 6) is 1.56. The van der Waals surface area contributed by atoms with Crippen LogP contribution in [0.25, 0.3) is 0 Å². The Hall–Kier alpha value is -0.380. The van der Waals surface area contributed by atoms with E-state index in [1.165, 1.54) is 0 Å². The number of nitrogens with two attached hydrogens (primary N) is 1. The Morgan fingerprint density at radius 3 is 2.60 bits per heavy atom. The minimum atomic E-state index is -0.170. The maximum Gasteiger partial charge on any atom is 0.137 e. The van der Waals surface area contributed by atoms with Crippen molar-refractivity contribution in [3.05, 3.63) is 23.2 Å². The van der Waals surface area contributed by atoms with Gasteiger partial charge >= 0.3 is 0 Å². The summed E-state index contributed by atoms with van der Waals surface area (Å²) in [6.45, 7) is 4.01. The lowest BCUT2D eigenvalue weighted by Gasteiger charge is -2.17. The molecule has 1 aromatic rings. The molecule has 0 bridgehead atoms. The Morgan fingerprint density at radius 2 is 2.13 bits per heavy atom. The molecular formula is C11H16ClNOS. The maximum atomic E-state index is 6.01. The van der Waals surface area contributed by atoms with Gasteiger partial charge in [-0.2, -0.15) is 0 Å². The van der Waals surface area contributed by atoms with Crippen molar-refractivity contribution in [3.8, 4) is 5.75 Å². The monoisotopic (exact) mass is 245 g/mol. The molecule has 4 heteroatoms. The van der Waals surface area contributed by atoms with Crippen LogP contribution in [0.3, 0.4) is 0 Å². The minimum Gasteiger partial charge on any atom is -0.495 e. The van der Waals surface area contributed by atoms with Gasteiger partial charge in [0.2, 0.25) is 0 Å². The zero-order valence-corrected chi connectivity index (χ0v) is 10.8. The minimum absolute atomic E-state index is 0.170. The number of methoxy groups -OCH3 is 1. The van der Waals surface area contributed by atoms with Crippen LogP contribution in [0.15, 0.2) is 23.1 Å². The molecule has 0 amide bonds. The summed E-state index contributed by atoms with van der Waals surface area (Å²) in [6, 6.07) is 5.76. The van der Waals surface area contributed by atoms with Gasteiger partial charge in [-0.1, -0.05) is 11.6 Å². The molecule has 0 aliphatic heterocycles. The van der Waals surface area contributed by atoms with Crippen LogP contribution in [-0.4, -0.2) is 18.4 Å². The highest BCUT2D eigenvalue weighted by molar-refractivity contribution is 7.99. The lowest BCUT2D eigenvalue weighted by atomic mass is 10.1. The fourth-order valence-electron chi connectivity index (χ4n) is 1.01. The molecule has 0 fully saturated rings. The second-order valence-electron chi connectivity index (χ2n) is 4.07. The van der Waals surface area contributed by atoms with E-state index >= 15 is 0 Å². The maximum absolute atomic E-state index is 6.01. The molecule has 0 aliphatic rings. The molecule has 1 rings (SSSR count). The largest absolute Gasteiger partial charge is 0.495 e. The van der Waals surface area contributed by atoms with Crippen molar-refractivity contribution in [2.24, 2.45) is 5.73 Å². The van der Waals surface area contributed by atoms with Gasteiger partial charge in [-0.25, -0.2) is 0 Å². The van der Waals surface area contributed by atoms with Crippen LogP contribution >= 0.6 is 23.4 Å². The van der Waals surface area contributed by atoms with Gasteiger partial charge < -0.3 is 10.5 Å². The highest BCUT2D eigenvalue weighted by Gasteiger charge is 2.11. The third-order valence-electron chi connectivity index (χ3n) is 1.73. The van der Waals surface area contributed by atoms with Crippen molar-refractivity contribution in [2.75, 3.05) is 12.9 Å². The summed E-state index contributed by atoms with van der Waals surface area (Å²) in [6.07, 6.45) is 0. The Balaban J connectivity index is 2.68. The van der Waals surface area contributed by atoms with E-state index in [1.54, 1.807) is 18.9 Å². The Bertz CT molecular complexity index is 336. The van der Waals surface area contributed by atoms with Crippen LogP contribution in [0, 0.1) is 0 Å². The first kappa shape index (κ1) is 12.7. The SMILES string of the molecule is COc1ccc(SCC(C)(C)N)cc1Cl. The van der Waals surface area contributed by atoms with Gasteiger partial charge in [0, 0.05) is 16.2 Å². The van der Waals surface area contributed by atoms with Crippen LogP contribution < -0.4 is 10.5 Å². The molecule has 0 aliphatic carbocycles. The van der Waals surface area contributed by atoms with Crippen molar-refractivity contribution < 1.29 is 4.74 Å². The van der Waals surface area contributed by atoms with E-state index in [0.29, 0.717) is 10.8 Å². The molecule has 15 heavy (non-hydrogen) atoms. The molecule has 0 aromatic heterocycles. The zero-order valence-electron chi connectivity index (χ0n) is 9.21. The van der Waals surface area contributed by atoms with Gasteiger partial charge in [0.05, 0.1) is 12.1 Å². The third-order valence-corrected chi connectivity index (χ3v) is 3.51. The van der Waals surface area contributed by atoms with Gasteiger partial charge in [0.15, 0.2) is 0 Å². The van der Waals surface area contributed by atoms with E-state index in [2.05, 4.69) is 0 Å². The quantitative estimate of drug-likeness (QED) is 0.828. The molecule has 0 heterocycles. The second kappa shape index (κ2) is 5.10. The molecule has 0 radical (unpaired) electrons. The van der Waals surface area contributed by atoms with E-state index in [-0.39, 0.29) is 5.54 Å². The standard InChI is InChI=1S/C11H16ClNOS/c1-11(2,13)7-15-8-4-5-10(14-3)9(12)6-8/h4-6H,7,13H2,1-3H3.